The van der Waals surface area contributed by atoms with Crippen LogP contribution in [-0.4, -0.2) is 24.5 Å². The van der Waals surface area contributed by atoms with Gasteiger partial charge in [-0.3, -0.25) is 4.99 Å². The first-order valence-corrected chi connectivity index (χ1v) is 7.55. The number of guanidine groups is 1. The van der Waals surface area contributed by atoms with Crippen LogP contribution in [0.25, 0.3) is 0 Å². The second-order valence-electron chi connectivity index (χ2n) is 4.47. The van der Waals surface area contributed by atoms with E-state index in [0.29, 0.717) is 6.54 Å². The van der Waals surface area contributed by atoms with Crippen molar-refractivity contribution in [3.8, 4) is 0 Å². The van der Waals surface area contributed by atoms with Crippen LogP contribution in [0.1, 0.15) is 16.3 Å². The summed E-state index contributed by atoms with van der Waals surface area (Å²) in [7, 11) is 1.78. The van der Waals surface area contributed by atoms with Crippen LogP contribution in [0.4, 0.5) is 0 Å². The van der Waals surface area contributed by atoms with E-state index in [1.54, 1.807) is 18.4 Å². The molecule has 2 rings (SSSR count). The van der Waals surface area contributed by atoms with E-state index in [-0.39, 0.29) is 24.0 Å². The molecule has 0 fully saturated rings. The van der Waals surface area contributed by atoms with Crippen LogP contribution in [-0.2, 0) is 13.0 Å². The molecule has 21 heavy (non-hydrogen) atoms. The molecule has 1 aromatic heterocycles. The molecular formula is C15H21IN4S. The quantitative estimate of drug-likeness (QED) is 0.448. The monoisotopic (exact) mass is 416 g/mol. The van der Waals surface area contributed by atoms with E-state index in [9.17, 15) is 0 Å². The van der Waals surface area contributed by atoms with Crippen LogP contribution < -0.4 is 10.6 Å². The van der Waals surface area contributed by atoms with Gasteiger partial charge in [0.15, 0.2) is 5.96 Å². The topological polar surface area (TPSA) is 49.3 Å². The Bertz CT molecular complexity index is 554. The third-order valence-corrected chi connectivity index (χ3v) is 3.81. The number of aliphatic imine (C=N–C) groups is 1. The Morgan fingerprint density at radius 3 is 2.62 bits per heavy atom. The Morgan fingerprint density at radius 2 is 2.00 bits per heavy atom. The molecular weight excluding hydrogens is 395 g/mol. The molecule has 0 amide bonds. The molecule has 0 aliphatic carbocycles. The van der Waals surface area contributed by atoms with E-state index in [0.717, 1.165) is 29.6 Å². The predicted molar refractivity (Wildman–Crippen MR) is 101 cm³/mol. The number of halogens is 1. The Balaban J connectivity index is 0.00000220. The van der Waals surface area contributed by atoms with Crippen molar-refractivity contribution < 1.29 is 0 Å². The molecule has 0 aliphatic rings. The minimum absolute atomic E-state index is 0. The highest BCUT2D eigenvalue weighted by Crippen LogP contribution is 2.07. The minimum atomic E-state index is 0. The number of rotatable bonds is 5. The SMILES string of the molecule is CN=C(NCCc1ccccc1)NCc1nc(C)cs1.I. The molecule has 1 heterocycles. The van der Waals surface area contributed by atoms with Gasteiger partial charge in [-0.25, -0.2) is 4.98 Å². The average Bonchev–Trinajstić information content (AvgIpc) is 2.89. The van der Waals surface area contributed by atoms with E-state index in [1.807, 2.05) is 13.0 Å². The second-order valence-corrected chi connectivity index (χ2v) is 5.41. The fraction of sp³-hybridized carbons (Fsp3) is 0.333. The largest absolute Gasteiger partial charge is 0.356 e. The van der Waals surface area contributed by atoms with E-state index in [2.05, 4.69) is 50.3 Å². The van der Waals surface area contributed by atoms with Crippen molar-refractivity contribution >= 4 is 41.3 Å². The fourth-order valence-corrected chi connectivity index (χ4v) is 2.55. The van der Waals surface area contributed by atoms with Crippen molar-refractivity contribution in [1.29, 1.82) is 0 Å². The van der Waals surface area contributed by atoms with Crippen LogP contribution in [0.5, 0.6) is 0 Å². The lowest BCUT2D eigenvalue weighted by Crippen LogP contribution is -2.37. The molecule has 2 aromatic rings. The summed E-state index contributed by atoms with van der Waals surface area (Å²) in [5, 5.41) is 9.72. The number of hydrogen-bond donors (Lipinski definition) is 2. The lowest BCUT2D eigenvalue weighted by atomic mass is 10.1. The van der Waals surface area contributed by atoms with Crippen molar-refractivity contribution in [2.24, 2.45) is 4.99 Å². The first-order chi connectivity index (χ1) is 9.78. The van der Waals surface area contributed by atoms with Crippen molar-refractivity contribution in [2.75, 3.05) is 13.6 Å². The van der Waals surface area contributed by atoms with Gasteiger partial charge >= 0.3 is 0 Å². The first kappa shape index (κ1) is 17.9. The summed E-state index contributed by atoms with van der Waals surface area (Å²) in [5.74, 6) is 0.814. The zero-order valence-electron chi connectivity index (χ0n) is 12.3. The Morgan fingerprint density at radius 1 is 1.24 bits per heavy atom. The lowest BCUT2D eigenvalue weighted by molar-refractivity contribution is 0.790. The number of thiazole rings is 1. The Kier molecular flexibility index (Phi) is 8.29. The first-order valence-electron chi connectivity index (χ1n) is 6.67. The zero-order valence-corrected chi connectivity index (χ0v) is 15.4. The number of benzene rings is 1. The number of aryl methyl sites for hydroxylation is 1. The second kappa shape index (κ2) is 9.73. The highest BCUT2D eigenvalue weighted by atomic mass is 127. The fourth-order valence-electron chi connectivity index (χ4n) is 1.83. The summed E-state index contributed by atoms with van der Waals surface area (Å²) < 4.78 is 0. The van der Waals surface area contributed by atoms with Crippen molar-refractivity contribution in [3.05, 3.63) is 52.0 Å². The molecule has 0 saturated heterocycles. The number of hydrogen-bond acceptors (Lipinski definition) is 3. The van der Waals surface area contributed by atoms with Crippen molar-refractivity contribution in [3.63, 3.8) is 0 Å². The van der Waals surface area contributed by atoms with Crippen LogP contribution >= 0.6 is 35.3 Å². The molecule has 4 nitrogen and oxygen atoms in total. The molecule has 0 bridgehead atoms. The summed E-state index contributed by atoms with van der Waals surface area (Å²) in [6.07, 6.45) is 0.984. The zero-order chi connectivity index (χ0) is 14.2. The van der Waals surface area contributed by atoms with Crippen LogP contribution in [0.3, 0.4) is 0 Å². The molecule has 114 valence electrons. The van der Waals surface area contributed by atoms with Gasteiger partial charge in [0.05, 0.1) is 6.54 Å². The highest BCUT2D eigenvalue weighted by molar-refractivity contribution is 14.0. The maximum atomic E-state index is 4.42. The molecule has 0 radical (unpaired) electrons. The normalized spacial score (nSPS) is 10.9. The van der Waals surface area contributed by atoms with Gasteiger partial charge in [-0.2, -0.15) is 0 Å². The maximum absolute atomic E-state index is 4.42. The number of aromatic nitrogens is 1. The van der Waals surface area contributed by atoms with Crippen molar-refractivity contribution in [2.45, 2.75) is 19.9 Å². The molecule has 6 heteroatoms. The van der Waals surface area contributed by atoms with Crippen LogP contribution in [0, 0.1) is 6.92 Å². The third-order valence-electron chi connectivity index (χ3n) is 2.85. The van der Waals surface area contributed by atoms with Gasteiger partial charge < -0.3 is 10.6 Å². The molecule has 2 N–H and O–H groups in total. The summed E-state index contributed by atoms with van der Waals surface area (Å²) >= 11 is 1.67. The lowest BCUT2D eigenvalue weighted by Gasteiger charge is -2.10. The molecule has 0 unspecified atom stereocenters. The van der Waals surface area contributed by atoms with Gasteiger partial charge in [0.1, 0.15) is 5.01 Å². The van der Waals surface area contributed by atoms with Crippen LogP contribution in [0.2, 0.25) is 0 Å². The third kappa shape index (κ3) is 6.43. The van der Waals surface area contributed by atoms with Gasteiger partial charge in [0, 0.05) is 24.7 Å². The predicted octanol–water partition coefficient (Wildman–Crippen LogP) is 2.98. The van der Waals surface area contributed by atoms with Gasteiger partial charge in [0.2, 0.25) is 0 Å². The Labute approximate surface area is 147 Å². The number of nitrogens with one attached hydrogen (secondary N) is 2. The van der Waals surface area contributed by atoms with Gasteiger partial charge in [-0.05, 0) is 18.9 Å². The summed E-state index contributed by atoms with van der Waals surface area (Å²) in [4.78, 5) is 8.63. The van der Waals surface area contributed by atoms with E-state index < -0.39 is 0 Å². The molecule has 0 aliphatic heterocycles. The molecule has 0 spiro atoms. The Hall–Kier alpha value is -1.15. The maximum Gasteiger partial charge on any atom is 0.191 e. The standard InChI is InChI=1S/C15H20N4S.HI/c1-12-11-20-14(19-12)10-18-15(16-2)17-9-8-13-6-4-3-5-7-13;/h3-7,11H,8-10H2,1-2H3,(H2,16,17,18);1H. The molecule has 0 saturated carbocycles. The van der Waals surface area contributed by atoms with Crippen molar-refractivity contribution in [1.82, 2.24) is 15.6 Å². The number of nitrogens with zero attached hydrogens (tertiary/aromatic N) is 2. The van der Waals surface area contributed by atoms with Gasteiger partial charge in [0.25, 0.3) is 0 Å². The summed E-state index contributed by atoms with van der Waals surface area (Å²) in [5.41, 5.74) is 2.39. The summed E-state index contributed by atoms with van der Waals surface area (Å²) in [6.45, 7) is 3.58. The highest BCUT2D eigenvalue weighted by Gasteiger charge is 2.01. The summed E-state index contributed by atoms with van der Waals surface area (Å²) in [6, 6.07) is 10.4. The smallest absolute Gasteiger partial charge is 0.191 e. The van der Waals surface area contributed by atoms with Gasteiger partial charge in [-0.15, -0.1) is 35.3 Å². The average molecular weight is 416 g/mol. The molecule has 1 aromatic carbocycles. The van der Waals surface area contributed by atoms with Crippen LogP contribution in [0.15, 0.2) is 40.7 Å². The minimum Gasteiger partial charge on any atom is -0.356 e. The van der Waals surface area contributed by atoms with E-state index >= 15 is 0 Å². The van der Waals surface area contributed by atoms with E-state index in [4.69, 9.17) is 0 Å². The molecule has 0 atom stereocenters. The van der Waals surface area contributed by atoms with Gasteiger partial charge in [-0.1, -0.05) is 30.3 Å². The van der Waals surface area contributed by atoms with E-state index in [1.165, 1.54) is 5.56 Å².